The van der Waals surface area contributed by atoms with Crippen LogP contribution in [0.25, 0.3) is 0 Å². The van der Waals surface area contributed by atoms with Crippen LogP contribution in [0.3, 0.4) is 0 Å². The van der Waals surface area contributed by atoms with Crippen molar-refractivity contribution in [3.63, 3.8) is 0 Å². The van der Waals surface area contributed by atoms with Crippen molar-refractivity contribution in [1.82, 2.24) is 0 Å². The van der Waals surface area contributed by atoms with Gasteiger partial charge < -0.3 is 10.4 Å². The molecule has 1 aromatic rings. The number of aliphatic hydroxyl groups is 1. The average Bonchev–Trinajstić information content (AvgIpc) is 2.52. The van der Waals surface area contributed by atoms with E-state index in [0.717, 1.165) is 32.8 Å². The molecule has 0 saturated heterocycles. The fourth-order valence-corrected chi connectivity index (χ4v) is 2.71. The lowest BCUT2D eigenvalue weighted by Crippen LogP contribution is -2.31. The highest BCUT2D eigenvalue weighted by Gasteiger charge is 2.30. The number of amides is 1. The summed E-state index contributed by atoms with van der Waals surface area (Å²) in [5, 5.41) is 19.8. The maximum absolute atomic E-state index is 12.2. The summed E-state index contributed by atoms with van der Waals surface area (Å²) in [6.45, 7) is 0. The van der Waals surface area contributed by atoms with Gasteiger partial charge in [-0.2, -0.15) is 5.26 Å². The minimum Gasteiger partial charge on any atom is -0.400 e. The van der Waals surface area contributed by atoms with Gasteiger partial charge in [0, 0.05) is 12.8 Å². The zero-order valence-electron chi connectivity index (χ0n) is 11.8. The zero-order valence-corrected chi connectivity index (χ0v) is 13.3. The van der Waals surface area contributed by atoms with Crippen molar-refractivity contribution >= 4 is 34.8 Å². The van der Waals surface area contributed by atoms with Gasteiger partial charge in [0.15, 0.2) is 0 Å². The highest BCUT2D eigenvalue weighted by Crippen LogP contribution is 2.31. The van der Waals surface area contributed by atoms with Gasteiger partial charge in [-0.1, -0.05) is 36.0 Å². The van der Waals surface area contributed by atoms with Crippen LogP contribution < -0.4 is 5.32 Å². The molecule has 21 heavy (non-hydrogen) atoms. The van der Waals surface area contributed by atoms with Crippen LogP contribution >= 0.6 is 23.2 Å². The quantitative estimate of drug-likeness (QED) is 0.865. The lowest BCUT2D eigenvalue weighted by atomic mass is 9.79. The van der Waals surface area contributed by atoms with E-state index in [1.807, 2.05) is 0 Å². The number of anilines is 1. The molecule has 1 saturated carbocycles. The third-order valence-electron chi connectivity index (χ3n) is 3.46. The third kappa shape index (κ3) is 4.89. The van der Waals surface area contributed by atoms with Crippen LogP contribution in [0.15, 0.2) is 18.2 Å². The molecule has 1 aromatic carbocycles. The number of carbonyl (C=O) groups excluding carboxylic acids is 1. The molecule has 1 aliphatic carbocycles. The molecular weight excluding hydrogens is 311 g/mol. The highest BCUT2D eigenvalue weighted by molar-refractivity contribution is 6.42. The van der Waals surface area contributed by atoms with E-state index < -0.39 is 0 Å². The summed E-state index contributed by atoms with van der Waals surface area (Å²) < 4.78 is 0. The van der Waals surface area contributed by atoms with Gasteiger partial charge in [-0.15, -0.1) is 0 Å². The Morgan fingerprint density at radius 1 is 1.29 bits per heavy atom. The smallest absolute Gasteiger partial charge is 0.228 e. The van der Waals surface area contributed by atoms with E-state index in [1.165, 1.54) is 0 Å². The maximum atomic E-state index is 12.2. The number of nitrogens with one attached hydrogen (secondary N) is 1. The Bertz CT molecular complexity index is 529. The summed E-state index contributed by atoms with van der Waals surface area (Å²) >= 11 is 11.7. The molecule has 0 radical (unpaired) electrons. The first kappa shape index (κ1) is 17.8. The molecule has 6 heteroatoms. The monoisotopic (exact) mass is 328 g/mol. The van der Waals surface area contributed by atoms with Gasteiger partial charge in [-0.05, 0) is 31.0 Å². The van der Waals surface area contributed by atoms with Crippen LogP contribution in [0.1, 0.15) is 25.7 Å². The molecule has 1 aliphatic rings. The van der Waals surface area contributed by atoms with Crippen LogP contribution in [0.5, 0.6) is 0 Å². The first-order chi connectivity index (χ1) is 10.1. The molecular formula is C15H18Cl2N2O2. The minimum absolute atomic E-state index is 0.107. The highest BCUT2D eigenvalue weighted by atomic mass is 35.5. The van der Waals surface area contributed by atoms with Gasteiger partial charge in [-0.25, -0.2) is 0 Å². The molecule has 0 heterocycles. The summed E-state index contributed by atoms with van der Waals surface area (Å²) in [5.41, 5.74) is 0.613. The minimum atomic E-state index is -0.229. The molecule has 1 amide bonds. The van der Waals surface area contributed by atoms with Crippen molar-refractivity contribution in [2.75, 3.05) is 12.4 Å². The van der Waals surface area contributed by atoms with Crippen LogP contribution in [-0.4, -0.2) is 18.1 Å². The van der Waals surface area contributed by atoms with Crippen LogP contribution in [0, 0.1) is 23.2 Å². The van der Waals surface area contributed by atoms with E-state index in [9.17, 15) is 4.79 Å². The van der Waals surface area contributed by atoms with Gasteiger partial charge in [0.25, 0.3) is 0 Å². The van der Waals surface area contributed by atoms with E-state index in [4.69, 9.17) is 33.6 Å². The number of rotatable bonds is 2. The second-order valence-corrected chi connectivity index (χ2v) is 5.56. The predicted molar refractivity (Wildman–Crippen MR) is 84.3 cm³/mol. The number of hydrogen-bond donors (Lipinski definition) is 2. The topological polar surface area (TPSA) is 73.1 Å². The molecule has 1 fully saturated rings. The van der Waals surface area contributed by atoms with E-state index >= 15 is 0 Å². The lowest BCUT2D eigenvalue weighted by Gasteiger charge is -2.25. The summed E-state index contributed by atoms with van der Waals surface area (Å²) in [6.07, 6.45) is 3.59. The summed E-state index contributed by atoms with van der Waals surface area (Å²) in [6, 6.07) is 7.20. The number of carbonyl (C=O) groups is 1. The van der Waals surface area contributed by atoms with Crippen LogP contribution in [-0.2, 0) is 4.79 Å². The number of halogens is 2. The molecule has 0 aliphatic heterocycles. The maximum Gasteiger partial charge on any atom is 0.228 e. The van der Waals surface area contributed by atoms with Crippen molar-refractivity contribution in [1.29, 1.82) is 5.26 Å². The first-order valence-corrected chi connectivity index (χ1v) is 7.47. The van der Waals surface area contributed by atoms with Gasteiger partial charge in [0.05, 0.1) is 28.0 Å². The van der Waals surface area contributed by atoms with Gasteiger partial charge in [0.1, 0.15) is 0 Å². The number of nitriles is 1. The van der Waals surface area contributed by atoms with E-state index in [2.05, 4.69) is 11.4 Å². The standard InChI is InChI=1S/C14H14Cl2N2O.CH4O/c15-12-6-5-10(7-13(12)16)18-14(19)11-4-2-1-3-9(11)8-17;1-2/h5-7,9,11H,1-4H2,(H,18,19);2H,1H3. The Balaban J connectivity index is 0.00000106. The van der Waals surface area contributed by atoms with Crippen molar-refractivity contribution in [3.8, 4) is 6.07 Å². The van der Waals surface area contributed by atoms with Crippen molar-refractivity contribution in [2.45, 2.75) is 25.7 Å². The largest absolute Gasteiger partial charge is 0.400 e. The molecule has 4 nitrogen and oxygen atoms in total. The molecule has 2 atom stereocenters. The van der Waals surface area contributed by atoms with Crippen LogP contribution in [0.4, 0.5) is 5.69 Å². The fraction of sp³-hybridized carbons (Fsp3) is 0.467. The second-order valence-electron chi connectivity index (χ2n) is 4.74. The average molecular weight is 329 g/mol. The lowest BCUT2D eigenvalue weighted by molar-refractivity contribution is -0.121. The van der Waals surface area contributed by atoms with Gasteiger partial charge >= 0.3 is 0 Å². The van der Waals surface area contributed by atoms with Gasteiger partial charge in [-0.3, -0.25) is 4.79 Å². The molecule has 2 unspecified atom stereocenters. The molecule has 0 aromatic heterocycles. The fourth-order valence-electron chi connectivity index (χ4n) is 2.41. The van der Waals surface area contributed by atoms with E-state index in [0.29, 0.717) is 15.7 Å². The number of aliphatic hydroxyl groups excluding tert-OH is 1. The zero-order chi connectivity index (χ0) is 15.8. The number of benzene rings is 1. The molecule has 2 rings (SSSR count). The summed E-state index contributed by atoms with van der Waals surface area (Å²) in [5.74, 6) is -0.519. The molecule has 114 valence electrons. The number of nitrogens with zero attached hydrogens (tertiary/aromatic N) is 1. The summed E-state index contributed by atoms with van der Waals surface area (Å²) in [7, 11) is 1.00. The SMILES string of the molecule is CO.N#CC1CCCCC1C(=O)Nc1ccc(Cl)c(Cl)c1. The van der Waals surface area contributed by atoms with Gasteiger partial charge in [0.2, 0.25) is 5.91 Å². The Kier molecular flexibility index (Phi) is 7.52. The normalized spacial score (nSPS) is 20.7. The number of hydrogen-bond acceptors (Lipinski definition) is 3. The Labute approximate surface area is 134 Å². The third-order valence-corrected chi connectivity index (χ3v) is 4.19. The Hall–Kier alpha value is -1.28. The first-order valence-electron chi connectivity index (χ1n) is 6.72. The van der Waals surface area contributed by atoms with Crippen molar-refractivity contribution in [2.24, 2.45) is 11.8 Å². The van der Waals surface area contributed by atoms with Crippen molar-refractivity contribution in [3.05, 3.63) is 28.2 Å². The molecule has 2 N–H and O–H groups in total. The van der Waals surface area contributed by atoms with E-state index in [-0.39, 0.29) is 17.7 Å². The molecule has 0 spiro atoms. The molecule has 0 bridgehead atoms. The Morgan fingerprint density at radius 2 is 1.95 bits per heavy atom. The summed E-state index contributed by atoms with van der Waals surface area (Å²) in [4.78, 5) is 12.2. The second kappa shape index (κ2) is 8.89. The van der Waals surface area contributed by atoms with E-state index in [1.54, 1.807) is 18.2 Å². The predicted octanol–water partition coefficient (Wildman–Crippen LogP) is 3.87. The van der Waals surface area contributed by atoms with Crippen molar-refractivity contribution < 1.29 is 9.90 Å². The van der Waals surface area contributed by atoms with Crippen LogP contribution in [0.2, 0.25) is 10.0 Å². The Morgan fingerprint density at radius 3 is 2.57 bits per heavy atom.